The number of hydrogen-bond acceptors (Lipinski definition) is 2. The highest BCUT2D eigenvalue weighted by Gasteiger charge is 2.45. The second-order valence-corrected chi connectivity index (χ2v) is 6.15. The van der Waals surface area contributed by atoms with Gasteiger partial charge in [-0.3, -0.25) is 4.79 Å². The van der Waals surface area contributed by atoms with Gasteiger partial charge in [-0.2, -0.15) is 0 Å². The van der Waals surface area contributed by atoms with Gasteiger partial charge in [0.25, 0.3) is 0 Å². The Bertz CT molecular complexity index is 255. The average Bonchev–Trinajstić information content (AvgIpc) is 2.74. The van der Waals surface area contributed by atoms with E-state index in [1.807, 2.05) is 11.9 Å². The van der Waals surface area contributed by atoms with Crippen molar-refractivity contribution < 1.29 is 4.79 Å². The van der Waals surface area contributed by atoms with E-state index in [1.54, 1.807) is 0 Å². The van der Waals surface area contributed by atoms with Crippen LogP contribution in [0.15, 0.2) is 0 Å². The minimum Gasteiger partial charge on any atom is -0.345 e. The van der Waals surface area contributed by atoms with Crippen LogP contribution in [0, 0.1) is 17.3 Å². The third-order valence-corrected chi connectivity index (χ3v) is 4.11. The van der Waals surface area contributed by atoms with Crippen molar-refractivity contribution in [3.05, 3.63) is 0 Å². The van der Waals surface area contributed by atoms with Crippen molar-refractivity contribution in [3.8, 4) is 0 Å². The number of amides is 1. The quantitative estimate of drug-likeness (QED) is 0.798. The summed E-state index contributed by atoms with van der Waals surface area (Å²) in [6, 6.07) is 0. The Morgan fingerprint density at radius 1 is 1.35 bits per heavy atom. The maximum atomic E-state index is 12.6. The highest BCUT2D eigenvalue weighted by Crippen LogP contribution is 2.35. The van der Waals surface area contributed by atoms with Gasteiger partial charge in [0.05, 0.1) is 5.41 Å². The largest absolute Gasteiger partial charge is 0.345 e. The first-order valence-corrected chi connectivity index (χ1v) is 6.86. The zero-order valence-corrected chi connectivity index (χ0v) is 12.0. The molecule has 1 unspecified atom stereocenters. The monoisotopic (exact) mass is 240 g/mol. The summed E-state index contributed by atoms with van der Waals surface area (Å²) in [6.07, 6.45) is 2.07. The fraction of sp³-hybridized carbons (Fsp3) is 0.929. The molecule has 0 spiro atoms. The molecule has 1 saturated heterocycles. The SMILES string of the molecule is CC(C)CCN(C)C(=O)C1(C(C)C)CCNC1. The molecule has 0 aliphatic carbocycles. The average molecular weight is 240 g/mol. The summed E-state index contributed by atoms with van der Waals surface area (Å²) in [5, 5.41) is 3.35. The molecule has 0 aromatic heterocycles. The normalized spacial score (nSPS) is 24.6. The highest BCUT2D eigenvalue weighted by molar-refractivity contribution is 5.83. The molecular formula is C14H28N2O. The molecule has 1 N–H and O–H groups in total. The minimum absolute atomic E-state index is 0.161. The number of nitrogens with zero attached hydrogens (tertiary/aromatic N) is 1. The maximum absolute atomic E-state index is 12.6. The van der Waals surface area contributed by atoms with Crippen LogP contribution in [0.2, 0.25) is 0 Å². The van der Waals surface area contributed by atoms with E-state index >= 15 is 0 Å². The van der Waals surface area contributed by atoms with Gasteiger partial charge in [0.2, 0.25) is 5.91 Å². The number of carbonyl (C=O) groups is 1. The molecule has 3 heteroatoms. The summed E-state index contributed by atoms with van der Waals surface area (Å²) in [6.45, 7) is 11.4. The molecule has 3 nitrogen and oxygen atoms in total. The third-order valence-electron chi connectivity index (χ3n) is 4.11. The summed E-state index contributed by atoms with van der Waals surface area (Å²) in [7, 11) is 1.95. The van der Waals surface area contributed by atoms with E-state index in [2.05, 4.69) is 33.0 Å². The van der Waals surface area contributed by atoms with Gasteiger partial charge in [-0.05, 0) is 31.2 Å². The van der Waals surface area contributed by atoms with Crippen molar-refractivity contribution in [2.45, 2.75) is 40.5 Å². The van der Waals surface area contributed by atoms with E-state index in [0.29, 0.717) is 17.7 Å². The molecule has 1 aliphatic rings. The Kier molecular flexibility index (Phi) is 4.99. The Balaban J connectivity index is 2.65. The lowest BCUT2D eigenvalue weighted by Gasteiger charge is -2.35. The first-order chi connectivity index (χ1) is 7.90. The van der Waals surface area contributed by atoms with Gasteiger partial charge in [0.15, 0.2) is 0 Å². The van der Waals surface area contributed by atoms with E-state index in [9.17, 15) is 4.79 Å². The van der Waals surface area contributed by atoms with Crippen LogP contribution >= 0.6 is 0 Å². The Labute approximate surface area is 106 Å². The van der Waals surface area contributed by atoms with E-state index < -0.39 is 0 Å². The van der Waals surface area contributed by atoms with Crippen molar-refractivity contribution in [3.63, 3.8) is 0 Å². The first kappa shape index (κ1) is 14.5. The van der Waals surface area contributed by atoms with Crippen LogP contribution in [0.5, 0.6) is 0 Å². The lowest BCUT2D eigenvalue weighted by Crippen LogP contribution is -2.47. The Morgan fingerprint density at radius 2 is 2.00 bits per heavy atom. The summed E-state index contributed by atoms with van der Waals surface area (Å²) in [5.41, 5.74) is -0.161. The van der Waals surface area contributed by atoms with Crippen LogP contribution in [0.4, 0.5) is 0 Å². The molecule has 1 rings (SSSR count). The summed E-state index contributed by atoms with van der Waals surface area (Å²) >= 11 is 0. The smallest absolute Gasteiger partial charge is 0.230 e. The molecule has 0 saturated carbocycles. The summed E-state index contributed by atoms with van der Waals surface area (Å²) in [5.74, 6) is 1.40. The molecule has 1 heterocycles. The van der Waals surface area contributed by atoms with Crippen molar-refractivity contribution >= 4 is 5.91 Å². The van der Waals surface area contributed by atoms with Gasteiger partial charge in [-0.25, -0.2) is 0 Å². The summed E-state index contributed by atoms with van der Waals surface area (Å²) in [4.78, 5) is 14.5. The molecular weight excluding hydrogens is 212 g/mol. The third kappa shape index (κ3) is 3.21. The molecule has 1 fully saturated rings. The minimum atomic E-state index is -0.161. The number of rotatable bonds is 5. The second-order valence-electron chi connectivity index (χ2n) is 6.15. The number of carbonyl (C=O) groups excluding carboxylic acids is 1. The molecule has 0 aromatic rings. The van der Waals surface area contributed by atoms with E-state index in [-0.39, 0.29) is 5.41 Å². The van der Waals surface area contributed by atoms with Gasteiger partial charge in [-0.1, -0.05) is 27.7 Å². The number of nitrogens with one attached hydrogen (secondary N) is 1. The highest BCUT2D eigenvalue weighted by atomic mass is 16.2. The van der Waals surface area contributed by atoms with Gasteiger partial charge >= 0.3 is 0 Å². The van der Waals surface area contributed by atoms with Crippen molar-refractivity contribution in [1.29, 1.82) is 0 Å². The standard InChI is InChI=1S/C14H28N2O/c1-11(2)6-9-16(5)13(17)14(12(3)4)7-8-15-10-14/h11-12,15H,6-10H2,1-5H3. The Morgan fingerprint density at radius 3 is 2.41 bits per heavy atom. The van der Waals surface area contributed by atoms with Crippen LogP contribution < -0.4 is 5.32 Å². The summed E-state index contributed by atoms with van der Waals surface area (Å²) < 4.78 is 0. The molecule has 0 aromatic carbocycles. The predicted molar refractivity (Wildman–Crippen MR) is 71.8 cm³/mol. The van der Waals surface area contributed by atoms with E-state index in [4.69, 9.17) is 0 Å². The number of hydrogen-bond donors (Lipinski definition) is 1. The maximum Gasteiger partial charge on any atom is 0.230 e. The van der Waals surface area contributed by atoms with Crippen molar-refractivity contribution in [1.82, 2.24) is 10.2 Å². The van der Waals surface area contributed by atoms with Crippen molar-refractivity contribution in [2.24, 2.45) is 17.3 Å². The topological polar surface area (TPSA) is 32.3 Å². The van der Waals surface area contributed by atoms with E-state index in [0.717, 1.165) is 32.5 Å². The van der Waals surface area contributed by atoms with Crippen LogP contribution in [0.1, 0.15) is 40.5 Å². The molecule has 17 heavy (non-hydrogen) atoms. The van der Waals surface area contributed by atoms with E-state index in [1.165, 1.54) is 0 Å². The van der Waals surface area contributed by atoms with Gasteiger partial charge < -0.3 is 10.2 Å². The van der Waals surface area contributed by atoms with Crippen LogP contribution in [0.25, 0.3) is 0 Å². The molecule has 0 bridgehead atoms. The van der Waals surface area contributed by atoms with Gasteiger partial charge in [-0.15, -0.1) is 0 Å². The van der Waals surface area contributed by atoms with Crippen LogP contribution in [-0.2, 0) is 4.79 Å². The van der Waals surface area contributed by atoms with Crippen molar-refractivity contribution in [2.75, 3.05) is 26.7 Å². The molecule has 1 amide bonds. The molecule has 100 valence electrons. The van der Waals surface area contributed by atoms with Crippen LogP contribution in [0.3, 0.4) is 0 Å². The zero-order chi connectivity index (χ0) is 13.1. The Hall–Kier alpha value is -0.570. The molecule has 1 aliphatic heterocycles. The fourth-order valence-electron chi connectivity index (χ4n) is 2.57. The van der Waals surface area contributed by atoms with Crippen LogP contribution in [-0.4, -0.2) is 37.5 Å². The first-order valence-electron chi connectivity index (χ1n) is 6.86. The molecule has 0 radical (unpaired) electrons. The van der Waals surface area contributed by atoms with Gasteiger partial charge in [0, 0.05) is 20.1 Å². The fourth-order valence-corrected chi connectivity index (χ4v) is 2.57. The zero-order valence-electron chi connectivity index (χ0n) is 12.0. The van der Waals surface area contributed by atoms with Gasteiger partial charge in [0.1, 0.15) is 0 Å². The predicted octanol–water partition coefficient (Wildman–Crippen LogP) is 2.13. The lowest BCUT2D eigenvalue weighted by atomic mass is 9.75. The lowest BCUT2D eigenvalue weighted by molar-refractivity contribution is -0.142. The second kappa shape index (κ2) is 5.85. The molecule has 1 atom stereocenters.